The second kappa shape index (κ2) is 5.51. The van der Waals surface area contributed by atoms with Crippen molar-refractivity contribution in [2.24, 2.45) is 0 Å². The van der Waals surface area contributed by atoms with Gasteiger partial charge in [0.2, 0.25) is 0 Å². The molecule has 0 unspecified atom stereocenters. The molecule has 0 aliphatic rings. The second-order valence-electron chi connectivity index (χ2n) is 3.79. The van der Waals surface area contributed by atoms with Crippen LogP contribution in [0.3, 0.4) is 0 Å². The van der Waals surface area contributed by atoms with Crippen LogP contribution in [0.2, 0.25) is 0 Å². The van der Waals surface area contributed by atoms with Crippen LogP contribution in [0.1, 0.15) is 10.4 Å². The first-order chi connectivity index (χ1) is 9.42. The quantitative estimate of drug-likeness (QED) is 0.883. The molecule has 0 saturated carbocycles. The molecule has 0 spiro atoms. The normalized spacial score (nSPS) is 11.1. The van der Waals surface area contributed by atoms with Crippen molar-refractivity contribution < 1.29 is 23.1 Å². The van der Waals surface area contributed by atoms with E-state index in [9.17, 15) is 13.2 Å². The average molecular weight is 313 g/mol. The molecule has 2 rings (SSSR count). The van der Waals surface area contributed by atoms with Crippen LogP contribution in [0, 0.1) is 0 Å². The summed E-state index contributed by atoms with van der Waals surface area (Å²) in [6, 6.07) is 7.48. The molecule has 0 radical (unpaired) electrons. The summed E-state index contributed by atoms with van der Waals surface area (Å²) in [5.41, 5.74) is 0.321. The number of hydrogen-bond acceptors (Lipinski definition) is 5. The molecular formula is C12H11NO5S2. The zero-order valence-electron chi connectivity index (χ0n) is 10.4. The first-order valence-corrected chi connectivity index (χ1v) is 7.77. The van der Waals surface area contributed by atoms with Crippen molar-refractivity contribution in [2.45, 2.75) is 4.21 Å². The maximum Gasteiger partial charge on any atom is 0.336 e. The lowest BCUT2D eigenvalue weighted by Crippen LogP contribution is -2.11. The molecule has 6 nitrogen and oxygen atoms in total. The fourth-order valence-corrected chi connectivity index (χ4v) is 3.65. The van der Waals surface area contributed by atoms with Crippen molar-refractivity contribution in [1.82, 2.24) is 0 Å². The van der Waals surface area contributed by atoms with E-state index in [1.807, 2.05) is 0 Å². The summed E-state index contributed by atoms with van der Waals surface area (Å²) in [6.07, 6.45) is 0. The molecule has 106 valence electrons. The maximum atomic E-state index is 12.1. The number of nitrogens with one attached hydrogen (secondary N) is 1. The minimum atomic E-state index is -3.78. The molecule has 0 fully saturated rings. The summed E-state index contributed by atoms with van der Waals surface area (Å²) in [5.74, 6) is -0.551. The number of thiophene rings is 1. The van der Waals surface area contributed by atoms with Crippen molar-refractivity contribution in [3.05, 3.63) is 41.3 Å². The third-order valence-electron chi connectivity index (χ3n) is 2.43. The van der Waals surface area contributed by atoms with E-state index >= 15 is 0 Å². The summed E-state index contributed by atoms with van der Waals surface area (Å²) < 4.78 is 31.4. The van der Waals surface area contributed by atoms with Gasteiger partial charge in [-0.2, -0.15) is 0 Å². The van der Waals surface area contributed by atoms with E-state index in [1.54, 1.807) is 24.3 Å². The number of carboxylic acids is 1. The van der Waals surface area contributed by atoms with E-state index in [0.717, 1.165) is 17.4 Å². The van der Waals surface area contributed by atoms with Crippen LogP contribution in [-0.4, -0.2) is 26.6 Å². The second-order valence-corrected chi connectivity index (χ2v) is 6.61. The van der Waals surface area contributed by atoms with Gasteiger partial charge in [-0.25, -0.2) is 13.2 Å². The Morgan fingerprint density at radius 2 is 1.95 bits per heavy atom. The Morgan fingerprint density at radius 1 is 1.30 bits per heavy atom. The zero-order chi connectivity index (χ0) is 14.8. The maximum absolute atomic E-state index is 12.1. The van der Waals surface area contributed by atoms with Crippen LogP contribution < -0.4 is 9.46 Å². The van der Waals surface area contributed by atoms with E-state index in [4.69, 9.17) is 9.84 Å². The number of anilines is 1. The molecule has 1 aromatic heterocycles. The van der Waals surface area contributed by atoms with Crippen molar-refractivity contribution in [2.75, 3.05) is 11.8 Å². The van der Waals surface area contributed by atoms with Gasteiger partial charge in [-0.15, -0.1) is 11.3 Å². The van der Waals surface area contributed by atoms with Gasteiger partial charge in [0, 0.05) is 11.1 Å². The fraction of sp³-hybridized carbons (Fsp3) is 0.0833. The van der Waals surface area contributed by atoms with Gasteiger partial charge in [-0.1, -0.05) is 0 Å². The van der Waals surface area contributed by atoms with Gasteiger partial charge in [0.1, 0.15) is 9.96 Å². The minimum absolute atomic E-state index is 0.0503. The first-order valence-electron chi connectivity index (χ1n) is 5.41. The summed E-state index contributed by atoms with van der Waals surface area (Å²) in [4.78, 5) is 10.7. The highest BCUT2D eigenvalue weighted by atomic mass is 32.2. The smallest absolute Gasteiger partial charge is 0.336 e. The minimum Gasteiger partial charge on any atom is -0.497 e. The SMILES string of the molecule is COc1ccc(NS(=O)(=O)c2cc(C(=O)O)cs2)cc1. The summed E-state index contributed by atoms with van der Waals surface area (Å²) in [5, 5.41) is 10.1. The van der Waals surface area contributed by atoms with E-state index in [2.05, 4.69) is 4.72 Å². The van der Waals surface area contributed by atoms with Gasteiger partial charge in [0.25, 0.3) is 10.0 Å². The molecule has 0 bridgehead atoms. The van der Waals surface area contributed by atoms with Gasteiger partial charge in [-0.05, 0) is 30.3 Å². The lowest BCUT2D eigenvalue weighted by atomic mass is 10.3. The molecule has 1 aromatic carbocycles. The molecule has 0 amide bonds. The Balaban J connectivity index is 2.23. The van der Waals surface area contributed by atoms with Gasteiger partial charge in [-0.3, -0.25) is 4.72 Å². The highest BCUT2D eigenvalue weighted by Crippen LogP contribution is 2.24. The van der Waals surface area contributed by atoms with Gasteiger partial charge < -0.3 is 9.84 Å². The zero-order valence-corrected chi connectivity index (χ0v) is 12.0. The van der Waals surface area contributed by atoms with Crippen LogP contribution in [-0.2, 0) is 10.0 Å². The number of benzene rings is 1. The van der Waals surface area contributed by atoms with E-state index in [0.29, 0.717) is 11.4 Å². The van der Waals surface area contributed by atoms with E-state index < -0.39 is 16.0 Å². The lowest BCUT2D eigenvalue weighted by Gasteiger charge is -2.06. The third kappa shape index (κ3) is 3.09. The van der Waals surface area contributed by atoms with Gasteiger partial charge in [0.05, 0.1) is 12.7 Å². The highest BCUT2D eigenvalue weighted by Gasteiger charge is 2.18. The Kier molecular flexibility index (Phi) is 3.96. The molecule has 0 aliphatic heterocycles. The monoisotopic (exact) mass is 313 g/mol. The lowest BCUT2D eigenvalue weighted by molar-refractivity contribution is 0.0697. The number of methoxy groups -OCH3 is 1. The fourth-order valence-electron chi connectivity index (χ4n) is 1.43. The molecule has 0 atom stereocenters. The van der Waals surface area contributed by atoms with Crippen LogP contribution in [0.25, 0.3) is 0 Å². The van der Waals surface area contributed by atoms with Crippen molar-refractivity contribution in [3.63, 3.8) is 0 Å². The first kappa shape index (κ1) is 14.4. The van der Waals surface area contributed by atoms with Crippen LogP contribution in [0.5, 0.6) is 5.75 Å². The Hall–Kier alpha value is -2.06. The largest absolute Gasteiger partial charge is 0.497 e. The molecule has 2 aromatic rings. The Bertz CT molecular complexity index is 719. The van der Waals surface area contributed by atoms with Crippen molar-refractivity contribution in [1.29, 1.82) is 0 Å². The number of carboxylic acid groups (broad SMARTS) is 1. The number of sulfonamides is 1. The predicted molar refractivity (Wildman–Crippen MR) is 75.1 cm³/mol. The molecule has 0 aliphatic carbocycles. The standard InChI is InChI=1S/C12H11NO5S2/c1-18-10-4-2-9(3-5-10)13-20(16,17)11-6-8(7-19-11)12(14)15/h2-7,13H,1H3,(H,14,15). The number of carbonyl (C=O) groups is 1. The predicted octanol–water partition coefficient (Wildman–Crippen LogP) is 2.26. The number of rotatable bonds is 5. The average Bonchev–Trinajstić information content (AvgIpc) is 2.90. The van der Waals surface area contributed by atoms with Crippen LogP contribution in [0.4, 0.5) is 5.69 Å². The molecule has 0 saturated heterocycles. The van der Waals surface area contributed by atoms with E-state index in [1.165, 1.54) is 12.5 Å². The van der Waals surface area contributed by atoms with Crippen LogP contribution in [0.15, 0.2) is 39.9 Å². The van der Waals surface area contributed by atoms with Crippen LogP contribution >= 0.6 is 11.3 Å². The van der Waals surface area contributed by atoms with Crippen molar-refractivity contribution >= 4 is 33.0 Å². The number of aromatic carboxylic acids is 1. The molecular weight excluding hydrogens is 302 g/mol. The summed E-state index contributed by atoms with van der Waals surface area (Å²) in [7, 11) is -2.27. The topological polar surface area (TPSA) is 92.7 Å². The Morgan fingerprint density at radius 3 is 2.45 bits per heavy atom. The summed E-state index contributed by atoms with van der Waals surface area (Å²) in [6.45, 7) is 0. The highest BCUT2D eigenvalue weighted by molar-refractivity contribution is 7.94. The number of ether oxygens (including phenoxy) is 1. The molecule has 2 N–H and O–H groups in total. The Labute approximate surface area is 119 Å². The van der Waals surface area contributed by atoms with Gasteiger partial charge in [0.15, 0.2) is 0 Å². The van der Waals surface area contributed by atoms with Crippen molar-refractivity contribution in [3.8, 4) is 5.75 Å². The number of hydrogen-bond donors (Lipinski definition) is 2. The molecule has 8 heteroatoms. The molecule has 20 heavy (non-hydrogen) atoms. The molecule has 1 heterocycles. The van der Waals surface area contributed by atoms with Gasteiger partial charge >= 0.3 is 5.97 Å². The summed E-state index contributed by atoms with van der Waals surface area (Å²) >= 11 is 0.856. The van der Waals surface area contributed by atoms with E-state index in [-0.39, 0.29) is 9.77 Å². The third-order valence-corrected chi connectivity index (χ3v) is 5.25.